The summed E-state index contributed by atoms with van der Waals surface area (Å²) >= 11 is 5.90. The van der Waals surface area contributed by atoms with E-state index in [1.54, 1.807) is 87.7 Å². The topological polar surface area (TPSA) is 77.8 Å². The number of ether oxygens (including phenoxy) is 2. The van der Waals surface area contributed by atoms with Crippen LogP contribution in [0.1, 0.15) is 13.8 Å². The number of anilines is 1. The molecule has 1 N–H and O–H groups in total. The molecule has 1 amide bonds. The Labute approximate surface area is 195 Å². The van der Waals surface area contributed by atoms with Crippen molar-refractivity contribution in [2.45, 2.75) is 19.4 Å². The highest BCUT2D eigenvalue weighted by molar-refractivity contribution is 6.30. The fourth-order valence-electron chi connectivity index (χ4n) is 3.25. The van der Waals surface area contributed by atoms with E-state index in [9.17, 15) is 9.59 Å². The Bertz CT molecular complexity index is 1360. The summed E-state index contributed by atoms with van der Waals surface area (Å²) in [6, 6.07) is 20.4. The summed E-state index contributed by atoms with van der Waals surface area (Å²) in [5.74, 6) is 1.25. The van der Waals surface area contributed by atoms with Gasteiger partial charge in [0.1, 0.15) is 22.8 Å². The zero-order valence-corrected chi connectivity index (χ0v) is 19.1. The molecule has 4 rings (SSSR count). The first kappa shape index (κ1) is 22.4. The van der Waals surface area contributed by atoms with Crippen molar-refractivity contribution in [3.8, 4) is 22.8 Å². The summed E-state index contributed by atoms with van der Waals surface area (Å²) in [5.41, 5.74) is 0.489. The second kappa shape index (κ2) is 9.00. The summed E-state index contributed by atoms with van der Waals surface area (Å²) in [6.45, 7) is 3.37. The van der Waals surface area contributed by atoms with Crippen LogP contribution in [0.15, 0.2) is 82.0 Å². The molecule has 0 fully saturated rings. The lowest BCUT2D eigenvalue weighted by atomic mass is 10.1. The monoisotopic (exact) mass is 463 g/mol. The lowest BCUT2D eigenvalue weighted by Crippen LogP contribution is -2.42. The maximum atomic E-state index is 12.8. The van der Waals surface area contributed by atoms with E-state index in [2.05, 4.69) is 5.32 Å². The maximum absolute atomic E-state index is 12.8. The van der Waals surface area contributed by atoms with E-state index in [0.29, 0.717) is 44.5 Å². The van der Waals surface area contributed by atoms with Gasteiger partial charge in [-0.25, -0.2) is 0 Å². The molecule has 3 aromatic carbocycles. The second-order valence-corrected chi connectivity index (χ2v) is 8.37. The molecule has 0 unspecified atom stereocenters. The Kier molecular flexibility index (Phi) is 6.11. The van der Waals surface area contributed by atoms with Crippen LogP contribution in [-0.4, -0.2) is 18.6 Å². The van der Waals surface area contributed by atoms with Gasteiger partial charge in [-0.05, 0) is 80.6 Å². The van der Waals surface area contributed by atoms with Gasteiger partial charge in [0.15, 0.2) is 11.0 Å². The first-order valence-corrected chi connectivity index (χ1v) is 10.6. The average Bonchev–Trinajstić information content (AvgIpc) is 2.80. The molecule has 0 aliphatic rings. The van der Waals surface area contributed by atoms with Crippen molar-refractivity contribution in [3.63, 3.8) is 0 Å². The highest BCUT2D eigenvalue weighted by Gasteiger charge is 2.30. The minimum absolute atomic E-state index is 0.163. The van der Waals surface area contributed by atoms with Crippen LogP contribution in [0.25, 0.3) is 22.3 Å². The Morgan fingerprint density at radius 2 is 1.61 bits per heavy atom. The lowest BCUT2D eigenvalue weighted by Gasteiger charge is -2.25. The first-order valence-electron chi connectivity index (χ1n) is 10.2. The van der Waals surface area contributed by atoms with E-state index in [1.807, 2.05) is 0 Å². The van der Waals surface area contributed by atoms with Gasteiger partial charge in [0.05, 0.1) is 12.5 Å². The number of carbonyl (C=O) groups excluding carboxylic acids is 1. The summed E-state index contributed by atoms with van der Waals surface area (Å²) < 4.78 is 16.9. The van der Waals surface area contributed by atoms with Gasteiger partial charge in [-0.15, -0.1) is 0 Å². The van der Waals surface area contributed by atoms with Crippen LogP contribution < -0.4 is 20.2 Å². The third-order valence-corrected chi connectivity index (χ3v) is 5.35. The number of benzene rings is 3. The Morgan fingerprint density at radius 1 is 0.939 bits per heavy atom. The summed E-state index contributed by atoms with van der Waals surface area (Å²) in [4.78, 5) is 25.3. The van der Waals surface area contributed by atoms with E-state index < -0.39 is 5.60 Å². The van der Waals surface area contributed by atoms with Crippen LogP contribution in [0.2, 0.25) is 5.02 Å². The molecule has 0 aliphatic carbocycles. The third-order valence-electron chi connectivity index (χ3n) is 5.10. The van der Waals surface area contributed by atoms with Crippen molar-refractivity contribution < 1.29 is 18.7 Å². The van der Waals surface area contributed by atoms with E-state index >= 15 is 0 Å². The zero-order chi connectivity index (χ0) is 23.6. The van der Waals surface area contributed by atoms with Gasteiger partial charge in [-0.3, -0.25) is 9.59 Å². The number of amides is 1. The molecule has 7 heteroatoms. The molecule has 0 radical (unpaired) electrons. The van der Waals surface area contributed by atoms with Crippen molar-refractivity contribution in [2.24, 2.45) is 0 Å². The summed E-state index contributed by atoms with van der Waals surface area (Å²) in [6.07, 6.45) is 0. The average molecular weight is 464 g/mol. The SMILES string of the molecule is COc1ccc2oc(-c3ccc(NC(=O)C(C)(C)Oc4ccc(Cl)cc4)cc3)cc(=O)c2c1. The standard InChI is InChI=1S/C26H22ClNO5/c1-26(2,33-19-10-6-17(27)7-11-19)25(30)28-18-8-4-16(5-9-18)24-15-22(29)21-14-20(31-3)12-13-23(21)32-24/h4-15H,1-3H3,(H,28,30). The predicted octanol–water partition coefficient (Wildman–Crippen LogP) is 5.92. The number of hydrogen-bond acceptors (Lipinski definition) is 5. The fourth-order valence-corrected chi connectivity index (χ4v) is 3.37. The Hall–Kier alpha value is -3.77. The molecule has 1 aromatic heterocycles. The van der Waals surface area contributed by atoms with Crippen molar-refractivity contribution in [2.75, 3.05) is 12.4 Å². The van der Waals surface area contributed by atoms with Gasteiger partial charge in [-0.2, -0.15) is 0 Å². The van der Waals surface area contributed by atoms with E-state index in [4.69, 9.17) is 25.5 Å². The highest BCUT2D eigenvalue weighted by Crippen LogP contribution is 2.26. The van der Waals surface area contributed by atoms with Crippen molar-refractivity contribution in [3.05, 3.63) is 88.0 Å². The summed E-state index contributed by atoms with van der Waals surface area (Å²) in [7, 11) is 1.54. The van der Waals surface area contributed by atoms with Crippen LogP contribution in [0.4, 0.5) is 5.69 Å². The molecule has 1 heterocycles. The highest BCUT2D eigenvalue weighted by atomic mass is 35.5. The zero-order valence-electron chi connectivity index (χ0n) is 18.3. The third kappa shape index (κ3) is 5.02. The number of rotatable bonds is 6. The molecule has 0 aliphatic heterocycles. The van der Waals surface area contributed by atoms with E-state index in [0.717, 1.165) is 0 Å². The van der Waals surface area contributed by atoms with E-state index in [1.165, 1.54) is 6.07 Å². The van der Waals surface area contributed by atoms with Crippen LogP contribution in [0.5, 0.6) is 11.5 Å². The van der Waals surface area contributed by atoms with Gasteiger partial charge in [-0.1, -0.05) is 11.6 Å². The van der Waals surface area contributed by atoms with Crippen LogP contribution in [0, 0.1) is 0 Å². The molecule has 168 valence electrons. The minimum Gasteiger partial charge on any atom is -0.497 e. The summed E-state index contributed by atoms with van der Waals surface area (Å²) in [5, 5.41) is 3.89. The minimum atomic E-state index is -1.11. The predicted molar refractivity (Wildman–Crippen MR) is 129 cm³/mol. The van der Waals surface area contributed by atoms with Gasteiger partial charge in [0.2, 0.25) is 0 Å². The fraction of sp³-hybridized carbons (Fsp3) is 0.154. The number of nitrogens with one attached hydrogen (secondary N) is 1. The Balaban J connectivity index is 1.50. The number of hydrogen-bond donors (Lipinski definition) is 1. The number of halogens is 1. The largest absolute Gasteiger partial charge is 0.497 e. The molecule has 0 saturated heterocycles. The molecule has 4 aromatic rings. The molecule has 6 nitrogen and oxygen atoms in total. The number of carbonyl (C=O) groups is 1. The molecule has 0 spiro atoms. The second-order valence-electron chi connectivity index (χ2n) is 7.93. The molecular weight excluding hydrogens is 442 g/mol. The van der Waals surface area contributed by atoms with Crippen molar-refractivity contribution >= 4 is 34.2 Å². The first-order chi connectivity index (χ1) is 15.7. The van der Waals surface area contributed by atoms with Gasteiger partial charge >= 0.3 is 0 Å². The van der Waals surface area contributed by atoms with Crippen molar-refractivity contribution in [1.82, 2.24) is 0 Å². The molecule has 0 atom stereocenters. The number of fused-ring (bicyclic) bond motifs is 1. The van der Waals surface area contributed by atoms with Crippen LogP contribution in [0.3, 0.4) is 0 Å². The molecule has 33 heavy (non-hydrogen) atoms. The smallest absolute Gasteiger partial charge is 0.267 e. The van der Waals surface area contributed by atoms with Gasteiger partial charge in [0.25, 0.3) is 5.91 Å². The van der Waals surface area contributed by atoms with Gasteiger partial charge < -0.3 is 19.2 Å². The van der Waals surface area contributed by atoms with Crippen molar-refractivity contribution in [1.29, 1.82) is 0 Å². The normalized spacial score (nSPS) is 11.3. The van der Waals surface area contributed by atoms with Crippen LogP contribution >= 0.6 is 11.6 Å². The molecule has 0 saturated carbocycles. The number of methoxy groups -OCH3 is 1. The molecular formula is C26H22ClNO5. The van der Waals surface area contributed by atoms with E-state index in [-0.39, 0.29) is 11.3 Å². The van der Waals surface area contributed by atoms with Gasteiger partial charge in [0, 0.05) is 22.3 Å². The Morgan fingerprint density at radius 3 is 2.27 bits per heavy atom. The maximum Gasteiger partial charge on any atom is 0.267 e. The quantitative estimate of drug-likeness (QED) is 0.384. The van der Waals surface area contributed by atoms with Crippen LogP contribution in [-0.2, 0) is 4.79 Å². The molecule has 0 bridgehead atoms. The lowest BCUT2D eigenvalue weighted by molar-refractivity contribution is -0.128.